The van der Waals surface area contributed by atoms with Crippen molar-refractivity contribution in [3.8, 4) is 17.2 Å². The molecule has 1 heterocycles. The molecule has 0 bridgehead atoms. The summed E-state index contributed by atoms with van der Waals surface area (Å²) in [6.07, 6.45) is 1.60. The SMILES string of the molecule is Cc1ncc(NC(=O)c2cc(C#N)cc(C(C)(C)C)c2)cc1-c1ccc(C(=O)NCC(C)(C)N)cc1. The highest BCUT2D eigenvalue weighted by atomic mass is 16.2. The molecule has 0 fully saturated rings. The minimum atomic E-state index is -0.493. The van der Waals surface area contributed by atoms with Gasteiger partial charge in [0.25, 0.3) is 11.8 Å². The van der Waals surface area contributed by atoms with Crippen molar-refractivity contribution in [3.05, 3.63) is 82.7 Å². The van der Waals surface area contributed by atoms with E-state index < -0.39 is 5.54 Å². The Morgan fingerprint density at radius 2 is 1.64 bits per heavy atom. The Kier molecular flexibility index (Phi) is 7.61. The fraction of sp³-hybridized carbons (Fsp3) is 0.310. The lowest BCUT2D eigenvalue weighted by molar-refractivity contribution is 0.0945. The van der Waals surface area contributed by atoms with Gasteiger partial charge < -0.3 is 16.4 Å². The third kappa shape index (κ3) is 6.77. The molecular weight excluding hydrogens is 450 g/mol. The smallest absolute Gasteiger partial charge is 0.255 e. The summed E-state index contributed by atoms with van der Waals surface area (Å²) in [5.74, 6) is -0.505. The minimum absolute atomic E-state index is 0.190. The van der Waals surface area contributed by atoms with Gasteiger partial charge in [0, 0.05) is 34.5 Å². The first kappa shape index (κ1) is 26.6. The van der Waals surface area contributed by atoms with Crippen LogP contribution in [0, 0.1) is 18.3 Å². The van der Waals surface area contributed by atoms with Crippen LogP contribution >= 0.6 is 0 Å². The van der Waals surface area contributed by atoms with Crippen molar-refractivity contribution in [2.75, 3.05) is 11.9 Å². The Hall–Kier alpha value is -4.02. The number of hydrogen-bond donors (Lipinski definition) is 3. The van der Waals surface area contributed by atoms with Gasteiger partial charge in [-0.1, -0.05) is 32.9 Å². The average molecular weight is 484 g/mol. The molecule has 7 heteroatoms. The van der Waals surface area contributed by atoms with E-state index in [1.54, 1.807) is 24.4 Å². The summed E-state index contributed by atoms with van der Waals surface area (Å²) in [7, 11) is 0. The molecular formula is C29H33N5O2. The van der Waals surface area contributed by atoms with Crippen molar-refractivity contribution < 1.29 is 9.59 Å². The number of pyridine rings is 1. The van der Waals surface area contributed by atoms with E-state index in [4.69, 9.17) is 5.73 Å². The van der Waals surface area contributed by atoms with Gasteiger partial charge in [-0.2, -0.15) is 5.26 Å². The van der Waals surface area contributed by atoms with Crippen LogP contribution < -0.4 is 16.4 Å². The zero-order valence-corrected chi connectivity index (χ0v) is 21.7. The summed E-state index contributed by atoms with van der Waals surface area (Å²) in [5, 5.41) is 15.1. The van der Waals surface area contributed by atoms with E-state index in [0.29, 0.717) is 28.9 Å². The molecule has 3 rings (SSSR count). The summed E-state index contributed by atoms with van der Waals surface area (Å²) in [5.41, 5.74) is 10.6. The molecule has 0 radical (unpaired) electrons. The number of amides is 2. The van der Waals surface area contributed by atoms with Gasteiger partial charge in [0.2, 0.25) is 0 Å². The lowest BCUT2D eigenvalue weighted by Gasteiger charge is -2.20. The highest BCUT2D eigenvalue weighted by molar-refractivity contribution is 6.05. The first-order chi connectivity index (χ1) is 16.8. The number of nitrogens with two attached hydrogens (primary N) is 1. The zero-order chi connectivity index (χ0) is 26.7. The first-order valence-electron chi connectivity index (χ1n) is 11.8. The number of nitrogens with zero attached hydrogens (tertiary/aromatic N) is 2. The van der Waals surface area contributed by atoms with Gasteiger partial charge in [-0.25, -0.2) is 0 Å². The van der Waals surface area contributed by atoms with Crippen LogP contribution in [-0.2, 0) is 5.41 Å². The van der Waals surface area contributed by atoms with E-state index in [9.17, 15) is 14.9 Å². The second kappa shape index (κ2) is 10.3. The molecule has 0 saturated carbocycles. The number of nitrogens with one attached hydrogen (secondary N) is 2. The summed E-state index contributed by atoms with van der Waals surface area (Å²) in [6.45, 7) is 12.1. The predicted molar refractivity (Wildman–Crippen MR) is 143 cm³/mol. The topological polar surface area (TPSA) is 121 Å². The van der Waals surface area contributed by atoms with Crippen molar-refractivity contribution in [2.45, 2.75) is 52.5 Å². The van der Waals surface area contributed by atoms with Gasteiger partial charge in [0.1, 0.15) is 0 Å². The Bertz CT molecular complexity index is 1320. The summed E-state index contributed by atoms with van der Waals surface area (Å²) < 4.78 is 0. The van der Waals surface area contributed by atoms with Crippen LogP contribution in [0.15, 0.2) is 54.7 Å². The third-order valence-corrected chi connectivity index (χ3v) is 5.70. The molecule has 0 aliphatic heterocycles. The molecule has 4 N–H and O–H groups in total. The molecule has 186 valence electrons. The van der Waals surface area contributed by atoms with E-state index in [-0.39, 0.29) is 17.2 Å². The van der Waals surface area contributed by atoms with E-state index in [1.165, 1.54) is 0 Å². The average Bonchev–Trinajstić information content (AvgIpc) is 2.82. The molecule has 0 atom stereocenters. The van der Waals surface area contributed by atoms with Crippen molar-refractivity contribution in [1.29, 1.82) is 5.26 Å². The molecule has 0 aliphatic rings. The van der Waals surface area contributed by atoms with E-state index >= 15 is 0 Å². The van der Waals surface area contributed by atoms with E-state index in [1.807, 2.05) is 71.9 Å². The van der Waals surface area contributed by atoms with Crippen LogP contribution in [0.3, 0.4) is 0 Å². The van der Waals surface area contributed by atoms with Gasteiger partial charge in [0.15, 0.2) is 0 Å². The fourth-order valence-electron chi connectivity index (χ4n) is 3.56. The van der Waals surface area contributed by atoms with Crippen LogP contribution in [0.4, 0.5) is 5.69 Å². The number of rotatable bonds is 6. The predicted octanol–water partition coefficient (Wildman–Crippen LogP) is 4.95. The lowest BCUT2D eigenvalue weighted by atomic mass is 9.85. The number of benzene rings is 2. The first-order valence-corrected chi connectivity index (χ1v) is 11.8. The van der Waals surface area contributed by atoms with Crippen LogP contribution in [0.1, 0.15) is 72.2 Å². The maximum absolute atomic E-state index is 13.0. The van der Waals surface area contributed by atoms with Gasteiger partial charge in [-0.05, 0) is 73.7 Å². The molecule has 0 unspecified atom stereocenters. The normalized spacial score (nSPS) is 11.5. The van der Waals surface area contributed by atoms with Crippen molar-refractivity contribution in [2.24, 2.45) is 5.73 Å². The van der Waals surface area contributed by atoms with Crippen LogP contribution in [0.25, 0.3) is 11.1 Å². The molecule has 1 aromatic heterocycles. The summed E-state index contributed by atoms with van der Waals surface area (Å²) >= 11 is 0. The number of aryl methyl sites for hydroxylation is 1. The van der Waals surface area contributed by atoms with Crippen LogP contribution in [0.2, 0.25) is 0 Å². The molecule has 7 nitrogen and oxygen atoms in total. The maximum Gasteiger partial charge on any atom is 0.255 e. The second-order valence-corrected chi connectivity index (χ2v) is 10.7. The van der Waals surface area contributed by atoms with Gasteiger partial charge in [0.05, 0.1) is 23.5 Å². The summed E-state index contributed by atoms with van der Waals surface area (Å²) in [4.78, 5) is 29.9. The number of carbonyl (C=O) groups excluding carboxylic acids is 2. The monoisotopic (exact) mass is 483 g/mol. The fourth-order valence-corrected chi connectivity index (χ4v) is 3.56. The molecule has 2 amide bonds. The highest BCUT2D eigenvalue weighted by Gasteiger charge is 2.18. The second-order valence-electron chi connectivity index (χ2n) is 10.7. The summed E-state index contributed by atoms with van der Waals surface area (Å²) in [6, 6.07) is 16.4. The van der Waals surface area contributed by atoms with Crippen molar-refractivity contribution in [1.82, 2.24) is 10.3 Å². The molecule has 36 heavy (non-hydrogen) atoms. The quantitative estimate of drug-likeness (QED) is 0.458. The number of nitriles is 1. The van der Waals surface area contributed by atoms with Gasteiger partial charge in [-0.15, -0.1) is 0 Å². The highest BCUT2D eigenvalue weighted by Crippen LogP contribution is 2.27. The third-order valence-electron chi connectivity index (χ3n) is 5.70. The van der Waals surface area contributed by atoms with Crippen LogP contribution in [-0.4, -0.2) is 28.9 Å². The number of anilines is 1. The standard InChI is InChI=1S/C29H33N5O2/c1-18-25(20-7-9-21(10-8-20)26(35)33-17-29(5,6)31)14-24(16-32-18)34-27(36)22-11-19(15-30)12-23(13-22)28(2,3)4/h7-14,16H,17,31H2,1-6H3,(H,33,35)(H,34,36). The largest absolute Gasteiger partial charge is 0.350 e. The molecule has 0 spiro atoms. The number of aromatic nitrogens is 1. The molecule has 0 saturated heterocycles. The lowest BCUT2D eigenvalue weighted by Crippen LogP contribution is -2.45. The molecule has 0 aliphatic carbocycles. The van der Waals surface area contributed by atoms with Gasteiger partial charge >= 0.3 is 0 Å². The minimum Gasteiger partial charge on any atom is -0.350 e. The Morgan fingerprint density at radius 3 is 2.22 bits per heavy atom. The van der Waals surface area contributed by atoms with E-state index in [2.05, 4.69) is 21.7 Å². The maximum atomic E-state index is 13.0. The van der Waals surface area contributed by atoms with Crippen molar-refractivity contribution >= 4 is 17.5 Å². The van der Waals surface area contributed by atoms with Crippen molar-refractivity contribution in [3.63, 3.8) is 0 Å². The number of hydrogen-bond acceptors (Lipinski definition) is 5. The Morgan fingerprint density at radius 1 is 0.972 bits per heavy atom. The van der Waals surface area contributed by atoms with Crippen LogP contribution in [0.5, 0.6) is 0 Å². The Labute approximate surface area is 212 Å². The van der Waals surface area contributed by atoms with E-state index in [0.717, 1.165) is 22.4 Å². The zero-order valence-electron chi connectivity index (χ0n) is 21.7. The molecule has 3 aromatic rings. The van der Waals surface area contributed by atoms with Gasteiger partial charge in [-0.3, -0.25) is 14.6 Å². The number of carbonyl (C=O) groups is 2. The Balaban J connectivity index is 1.82. The molecule has 2 aromatic carbocycles.